The van der Waals surface area contributed by atoms with Crippen molar-refractivity contribution in [2.75, 3.05) is 24.3 Å². The van der Waals surface area contributed by atoms with Gasteiger partial charge in [0.2, 0.25) is 11.8 Å². The summed E-state index contributed by atoms with van der Waals surface area (Å²) < 4.78 is 20.5. The summed E-state index contributed by atoms with van der Waals surface area (Å²) in [5.74, 6) is 0.539. The molecule has 1 N–H and O–H groups in total. The quantitative estimate of drug-likeness (QED) is 0.219. The van der Waals surface area contributed by atoms with Gasteiger partial charge in [-0.05, 0) is 54.4 Å². The Morgan fingerprint density at radius 3 is 2.45 bits per heavy atom. The number of hydrogen-bond donors (Lipinski definition) is 1. The molecule has 0 spiro atoms. The number of ether oxygens (including phenoxy) is 1. The molecule has 9 heteroatoms. The van der Waals surface area contributed by atoms with Crippen molar-refractivity contribution in [1.29, 1.82) is 0 Å². The van der Waals surface area contributed by atoms with E-state index in [-0.39, 0.29) is 41.7 Å². The highest BCUT2D eigenvalue weighted by molar-refractivity contribution is 8.00. The fourth-order valence-corrected chi connectivity index (χ4v) is 6.52. The van der Waals surface area contributed by atoms with E-state index < -0.39 is 0 Å². The lowest BCUT2D eigenvalue weighted by Gasteiger charge is -2.23. The molecular weight excluding hydrogens is 575 g/mol. The number of aromatic nitrogens is 2. The van der Waals surface area contributed by atoms with Crippen LogP contribution in [-0.2, 0) is 16.1 Å². The van der Waals surface area contributed by atoms with Crippen LogP contribution in [0.15, 0.2) is 103 Å². The van der Waals surface area contributed by atoms with Crippen LogP contribution in [0, 0.1) is 12.7 Å². The number of halogens is 1. The van der Waals surface area contributed by atoms with Crippen molar-refractivity contribution in [1.82, 2.24) is 15.1 Å². The minimum absolute atomic E-state index is 0.176. The van der Waals surface area contributed by atoms with Crippen LogP contribution in [0.5, 0.6) is 5.75 Å². The van der Waals surface area contributed by atoms with Gasteiger partial charge in [0, 0.05) is 17.7 Å². The summed E-state index contributed by atoms with van der Waals surface area (Å²) in [7, 11) is 1.61. The molecule has 4 aromatic carbocycles. The van der Waals surface area contributed by atoms with Gasteiger partial charge in [0.25, 0.3) is 0 Å². The number of fused-ring (bicyclic) bond motifs is 1. The van der Waals surface area contributed by atoms with E-state index in [0.29, 0.717) is 11.6 Å². The van der Waals surface area contributed by atoms with E-state index in [1.165, 1.54) is 23.9 Å². The fourth-order valence-electron chi connectivity index (χ4n) is 5.33. The number of anilines is 1. The Morgan fingerprint density at radius 2 is 1.75 bits per heavy atom. The second-order valence-corrected chi connectivity index (χ2v) is 11.6. The van der Waals surface area contributed by atoms with Gasteiger partial charge in [0.1, 0.15) is 23.9 Å². The van der Waals surface area contributed by atoms with Crippen LogP contribution in [0.2, 0.25) is 0 Å². The molecule has 1 aromatic heterocycles. The lowest BCUT2D eigenvalue weighted by atomic mass is 9.98. The summed E-state index contributed by atoms with van der Waals surface area (Å²) in [5.41, 5.74) is 6.15. The van der Waals surface area contributed by atoms with Gasteiger partial charge in [0.05, 0.1) is 29.5 Å². The van der Waals surface area contributed by atoms with Gasteiger partial charge in [-0.15, -0.1) is 11.8 Å². The molecule has 0 saturated heterocycles. The number of benzene rings is 4. The number of carbonyl (C=O) groups is 2. The zero-order valence-corrected chi connectivity index (χ0v) is 25.2. The van der Waals surface area contributed by atoms with E-state index >= 15 is 0 Å². The average molecular weight is 607 g/mol. The summed E-state index contributed by atoms with van der Waals surface area (Å²) in [4.78, 5) is 28.9. The molecular formula is C35H31FN4O3S. The highest BCUT2D eigenvalue weighted by Gasteiger charge is 2.37. The van der Waals surface area contributed by atoms with E-state index in [9.17, 15) is 14.0 Å². The molecule has 6 rings (SSSR count). The van der Waals surface area contributed by atoms with E-state index in [2.05, 4.69) is 17.4 Å². The molecule has 44 heavy (non-hydrogen) atoms. The third-order valence-electron chi connectivity index (χ3n) is 7.50. The zero-order chi connectivity index (χ0) is 30.6. The topological polar surface area (TPSA) is 76.5 Å². The molecule has 0 saturated carbocycles. The van der Waals surface area contributed by atoms with Crippen LogP contribution in [0.3, 0.4) is 0 Å². The van der Waals surface area contributed by atoms with Crippen LogP contribution in [0.1, 0.15) is 27.5 Å². The van der Waals surface area contributed by atoms with Crippen LogP contribution in [0.25, 0.3) is 16.9 Å². The van der Waals surface area contributed by atoms with Crippen LogP contribution < -0.4 is 15.0 Å². The van der Waals surface area contributed by atoms with Crippen molar-refractivity contribution in [3.63, 3.8) is 0 Å². The van der Waals surface area contributed by atoms with E-state index in [0.717, 1.165) is 39.2 Å². The van der Waals surface area contributed by atoms with Gasteiger partial charge in [-0.3, -0.25) is 14.5 Å². The molecule has 5 aromatic rings. The first-order valence-electron chi connectivity index (χ1n) is 14.2. The Balaban J connectivity index is 1.50. The summed E-state index contributed by atoms with van der Waals surface area (Å²) >= 11 is 1.53. The second kappa shape index (κ2) is 12.8. The number of rotatable bonds is 8. The molecule has 0 bridgehead atoms. The van der Waals surface area contributed by atoms with Gasteiger partial charge < -0.3 is 10.1 Å². The summed E-state index contributed by atoms with van der Waals surface area (Å²) in [6, 6.07) is 31.6. The Labute approximate surface area is 259 Å². The number of hydrogen-bond acceptors (Lipinski definition) is 5. The summed E-state index contributed by atoms with van der Waals surface area (Å²) in [6.45, 7) is 2.06. The molecule has 2 heterocycles. The van der Waals surface area contributed by atoms with Crippen LogP contribution in [0.4, 0.5) is 10.2 Å². The number of carbonyl (C=O) groups excluding carboxylic acids is 2. The molecule has 0 radical (unpaired) electrons. The predicted octanol–water partition coefficient (Wildman–Crippen LogP) is 6.48. The third-order valence-corrected chi connectivity index (χ3v) is 8.76. The lowest BCUT2D eigenvalue weighted by Crippen LogP contribution is -2.42. The van der Waals surface area contributed by atoms with Crippen LogP contribution in [-0.4, -0.2) is 41.0 Å². The summed E-state index contributed by atoms with van der Waals surface area (Å²) in [6.07, 6.45) is 0. The highest BCUT2D eigenvalue weighted by Crippen LogP contribution is 2.48. The molecule has 0 unspecified atom stereocenters. The normalized spacial score (nSPS) is 14.6. The fraction of sp³-hybridized carbons (Fsp3) is 0.171. The minimum atomic E-state index is -0.343. The van der Waals surface area contributed by atoms with Crippen molar-refractivity contribution < 1.29 is 18.7 Å². The molecule has 222 valence electrons. The van der Waals surface area contributed by atoms with E-state index in [4.69, 9.17) is 9.84 Å². The van der Waals surface area contributed by atoms with Gasteiger partial charge in [-0.1, -0.05) is 72.3 Å². The maximum Gasteiger partial charge on any atom is 0.240 e. The number of thioether (sulfide) groups is 1. The molecule has 1 aliphatic heterocycles. The highest BCUT2D eigenvalue weighted by atomic mass is 32.2. The Hall–Kier alpha value is -4.89. The molecule has 2 amide bonds. The molecule has 0 aliphatic carbocycles. The molecule has 1 aliphatic rings. The van der Waals surface area contributed by atoms with Crippen molar-refractivity contribution >= 4 is 29.4 Å². The van der Waals surface area contributed by atoms with Crippen molar-refractivity contribution in [3.05, 3.63) is 131 Å². The average Bonchev–Trinajstić information content (AvgIpc) is 3.37. The number of aryl methyl sites for hydroxylation is 1. The maximum absolute atomic E-state index is 13.9. The first-order valence-corrected chi connectivity index (χ1v) is 15.3. The van der Waals surface area contributed by atoms with Gasteiger partial charge >= 0.3 is 0 Å². The Morgan fingerprint density at radius 1 is 1.00 bits per heavy atom. The van der Waals surface area contributed by atoms with Crippen molar-refractivity contribution in [3.8, 4) is 22.7 Å². The third kappa shape index (κ3) is 6.09. The number of nitrogens with zero attached hydrogens (tertiary/aromatic N) is 3. The first-order chi connectivity index (χ1) is 21.4. The Bertz CT molecular complexity index is 1790. The van der Waals surface area contributed by atoms with E-state index in [1.54, 1.807) is 28.8 Å². The summed E-state index contributed by atoms with van der Waals surface area (Å²) in [5, 5.41) is 7.80. The number of methoxy groups -OCH3 is 1. The maximum atomic E-state index is 13.9. The van der Waals surface area contributed by atoms with Gasteiger partial charge in [-0.2, -0.15) is 5.10 Å². The minimum Gasteiger partial charge on any atom is -0.497 e. The molecule has 0 fully saturated rings. The SMILES string of the molecule is COc1ccc(-n2nc(-c3ccccc3)c3c2N(CC(=O)NCc2ccc(F)cc2)C(=O)CS[C@@H]3c2cccc(C)c2)cc1. The number of nitrogens with one attached hydrogen (secondary N) is 1. The van der Waals surface area contributed by atoms with Crippen molar-refractivity contribution in [2.45, 2.75) is 18.7 Å². The molecule has 1 atom stereocenters. The lowest BCUT2D eigenvalue weighted by molar-refractivity contribution is -0.123. The van der Waals surface area contributed by atoms with E-state index in [1.807, 2.05) is 73.7 Å². The Kier molecular flexibility index (Phi) is 8.47. The van der Waals surface area contributed by atoms with Crippen LogP contribution >= 0.6 is 11.8 Å². The zero-order valence-electron chi connectivity index (χ0n) is 24.4. The van der Waals surface area contributed by atoms with Crippen molar-refractivity contribution in [2.24, 2.45) is 0 Å². The van der Waals surface area contributed by atoms with Gasteiger partial charge in [0.15, 0.2) is 0 Å². The largest absolute Gasteiger partial charge is 0.497 e. The predicted molar refractivity (Wildman–Crippen MR) is 172 cm³/mol. The smallest absolute Gasteiger partial charge is 0.240 e. The first kappa shape index (κ1) is 29.2. The monoisotopic (exact) mass is 606 g/mol. The standard InChI is InChI=1S/C35H31FN4O3S/c1-23-7-6-10-26(19-23)34-32-33(25-8-4-3-5-9-25)38-40(28-15-17-29(43-2)18-16-28)35(32)39(31(42)22-44-34)21-30(41)37-20-24-11-13-27(36)14-12-24/h3-19,34H,20-22H2,1-2H3,(H,37,41)/t34-/m1/s1. The number of amides is 2. The second-order valence-electron chi connectivity index (χ2n) is 10.6. The van der Waals surface area contributed by atoms with Gasteiger partial charge in [-0.25, -0.2) is 9.07 Å². The molecule has 7 nitrogen and oxygen atoms in total.